The van der Waals surface area contributed by atoms with Gasteiger partial charge in [-0.25, -0.2) is 0 Å². The van der Waals surface area contributed by atoms with Gasteiger partial charge in [0.15, 0.2) is 16.6 Å². The highest BCUT2D eigenvalue weighted by Crippen LogP contribution is 2.40. The van der Waals surface area contributed by atoms with Gasteiger partial charge in [0.1, 0.15) is 10.5 Å². The van der Waals surface area contributed by atoms with Crippen LogP contribution in [0.2, 0.25) is 39.3 Å². The first-order chi connectivity index (χ1) is 9.51. The molecule has 0 aromatic rings. The zero-order valence-electron chi connectivity index (χ0n) is 17.0. The summed E-state index contributed by atoms with van der Waals surface area (Å²) in [6.07, 6.45) is 1.01. The smallest absolute Gasteiger partial charge is 0.425 e. The minimum atomic E-state index is -2.74. The highest BCUT2D eigenvalue weighted by atomic mass is 28.5. The first-order valence-corrected chi connectivity index (χ1v) is 17.7. The van der Waals surface area contributed by atoms with Crippen LogP contribution in [0.25, 0.3) is 0 Å². The topological polar surface area (TPSA) is 27.7 Å². The lowest BCUT2D eigenvalue weighted by Gasteiger charge is -2.45. The van der Waals surface area contributed by atoms with Gasteiger partial charge < -0.3 is 12.3 Å². The molecule has 0 atom stereocenters. The van der Waals surface area contributed by atoms with Gasteiger partial charge in [-0.15, -0.1) is 0 Å². The molecule has 0 fully saturated rings. The van der Waals surface area contributed by atoms with Gasteiger partial charge in [-0.1, -0.05) is 34.6 Å². The molecule has 0 aliphatic rings. The molecular formula is C15H39O3Si4. The van der Waals surface area contributed by atoms with Crippen LogP contribution in [0, 0.1) is 16.9 Å². The lowest BCUT2D eigenvalue weighted by atomic mass is 9.87. The van der Waals surface area contributed by atoms with E-state index < -0.39 is 25.4 Å². The van der Waals surface area contributed by atoms with Crippen molar-refractivity contribution >= 4 is 35.9 Å². The zero-order valence-corrected chi connectivity index (χ0v) is 22.0. The van der Waals surface area contributed by atoms with Crippen molar-refractivity contribution in [2.45, 2.75) is 80.3 Å². The van der Waals surface area contributed by atoms with E-state index in [0.717, 1.165) is 6.42 Å². The van der Waals surface area contributed by atoms with Crippen LogP contribution in [-0.2, 0) is 12.3 Å². The van der Waals surface area contributed by atoms with E-state index in [2.05, 4.69) is 73.9 Å². The van der Waals surface area contributed by atoms with E-state index in [9.17, 15) is 0 Å². The Hall–Kier alpha value is 0.748. The number of hydrogen-bond donors (Lipinski definition) is 0. The average molecular weight is 380 g/mol. The Bertz CT molecular complexity index is 324. The second kappa shape index (κ2) is 7.75. The fraction of sp³-hybridized carbons (Fsp3) is 0.933. The van der Waals surface area contributed by atoms with Gasteiger partial charge >= 0.3 is 8.80 Å². The van der Waals surface area contributed by atoms with Gasteiger partial charge in [-0.05, 0) is 57.0 Å². The van der Waals surface area contributed by atoms with Crippen molar-refractivity contribution in [2.24, 2.45) is 11.3 Å². The van der Waals surface area contributed by atoms with E-state index in [1.165, 1.54) is 5.54 Å². The van der Waals surface area contributed by atoms with Crippen molar-refractivity contribution < 1.29 is 12.3 Å². The Kier molecular flexibility index (Phi) is 8.02. The molecule has 0 unspecified atom stereocenters. The highest BCUT2D eigenvalue weighted by Gasteiger charge is 2.54. The van der Waals surface area contributed by atoms with Crippen LogP contribution in [0.3, 0.4) is 0 Å². The third-order valence-corrected chi connectivity index (χ3v) is 13.7. The third kappa shape index (κ3) is 8.56. The highest BCUT2D eigenvalue weighted by molar-refractivity contribution is 6.88. The third-order valence-electron chi connectivity index (χ3n) is 2.96. The molecular weight excluding hydrogens is 341 g/mol. The zero-order chi connectivity index (χ0) is 18.0. The summed E-state index contributed by atoms with van der Waals surface area (Å²) in [6, 6.07) is 0. The Morgan fingerprint density at radius 2 is 1.27 bits per heavy atom. The first kappa shape index (κ1) is 22.7. The van der Waals surface area contributed by atoms with Crippen molar-refractivity contribution in [3.63, 3.8) is 0 Å². The molecule has 1 radical (unpaired) electrons. The predicted molar refractivity (Wildman–Crippen MR) is 108 cm³/mol. The first-order valence-electron chi connectivity index (χ1n) is 8.33. The molecule has 7 heteroatoms. The molecule has 22 heavy (non-hydrogen) atoms. The summed E-state index contributed by atoms with van der Waals surface area (Å²) in [7, 11) is -5.61. The summed E-state index contributed by atoms with van der Waals surface area (Å²) in [5.41, 5.74) is 1.60. The molecule has 0 amide bonds. The molecule has 0 aromatic heterocycles. The maximum Gasteiger partial charge on any atom is 0.476 e. The lowest BCUT2D eigenvalue weighted by molar-refractivity contribution is 0.241. The van der Waals surface area contributed by atoms with E-state index in [1.54, 1.807) is 0 Å². The Labute approximate surface area is 145 Å². The summed E-state index contributed by atoms with van der Waals surface area (Å²) in [6.45, 7) is 24.8. The molecule has 3 nitrogen and oxygen atoms in total. The molecule has 0 saturated carbocycles. The van der Waals surface area contributed by atoms with Crippen LogP contribution < -0.4 is 0 Å². The Balaban J connectivity index is 5.84. The second-order valence-corrected chi connectivity index (χ2v) is 23.1. The van der Waals surface area contributed by atoms with Crippen LogP contribution >= 0.6 is 0 Å². The number of hydrogen-bond acceptors (Lipinski definition) is 3. The van der Waals surface area contributed by atoms with Crippen LogP contribution in [0.4, 0.5) is 0 Å². The molecule has 0 aromatic carbocycles. The fourth-order valence-electron chi connectivity index (χ4n) is 2.41. The largest absolute Gasteiger partial charge is 0.476 e. The van der Waals surface area contributed by atoms with E-state index in [1.807, 2.05) is 0 Å². The minimum absolute atomic E-state index is 0.212. The second-order valence-electron chi connectivity index (χ2n) is 9.61. The normalized spacial score (nSPS) is 15.1. The van der Waals surface area contributed by atoms with Crippen LogP contribution in [0.15, 0.2) is 0 Å². The summed E-state index contributed by atoms with van der Waals surface area (Å²) >= 11 is 0. The van der Waals surface area contributed by atoms with E-state index in [0.29, 0.717) is 16.4 Å². The average Bonchev–Trinajstić information content (AvgIpc) is 2.19. The van der Waals surface area contributed by atoms with Crippen molar-refractivity contribution in [2.75, 3.05) is 0 Å². The molecule has 0 aliphatic carbocycles. The fourth-order valence-corrected chi connectivity index (χ4v) is 15.1. The SMILES string of the molecule is CC(C)[C](CC(C)(C)C)[Si](O[SiH3])(O[Si](C)(C)C)O[Si](C)(C)C. The molecule has 133 valence electrons. The maximum atomic E-state index is 6.69. The summed E-state index contributed by atoms with van der Waals surface area (Å²) in [5, 5.41) is 0. The Morgan fingerprint density at radius 1 is 0.909 bits per heavy atom. The van der Waals surface area contributed by atoms with Gasteiger partial charge in [0.05, 0.1) is 5.54 Å². The van der Waals surface area contributed by atoms with Crippen LogP contribution in [0.5, 0.6) is 0 Å². The van der Waals surface area contributed by atoms with E-state index >= 15 is 0 Å². The standard InChI is InChI=1S/C15H39O3Si4/c1-13(2)14(12-15(3,4)5)22(16-19,17-20(6,7)8)18-21(9,10)11/h13H,12H2,1-11,19H3. The molecule has 0 rings (SSSR count). The quantitative estimate of drug-likeness (QED) is 0.593. The van der Waals surface area contributed by atoms with Crippen molar-refractivity contribution in [3.05, 3.63) is 5.54 Å². The van der Waals surface area contributed by atoms with Gasteiger partial charge in [0.25, 0.3) is 0 Å². The monoisotopic (exact) mass is 379 g/mol. The molecule has 0 spiro atoms. The summed E-state index contributed by atoms with van der Waals surface area (Å²) in [4.78, 5) is 0. The molecule has 0 aliphatic heterocycles. The molecule has 0 N–H and O–H groups in total. The van der Waals surface area contributed by atoms with E-state index in [4.69, 9.17) is 12.3 Å². The molecule has 0 bridgehead atoms. The summed E-state index contributed by atoms with van der Waals surface area (Å²) in [5.74, 6) is 0.424. The van der Waals surface area contributed by atoms with Crippen molar-refractivity contribution in [1.29, 1.82) is 0 Å². The van der Waals surface area contributed by atoms with Crippen molar-refractivity contribution in [1.82, 2.24) is 0 Å². The van der Waals surface area contributed by atoms with Gasteiger partial charge in [0.2, 0.25) is 0 Å². The number of rotatable bonds is 8. The van der Waals surface area contributed by atoms with Gasteiger partial charge in [-0.2, -0.15) is 0 Å². The van der Waals surface area contributed by atoms with Gasteiger partial charge in [0, 0.05) is 0 Å². The van der Waals surface area contributed by atoms with Gasteiger partial charge in [-0.3, -0.25) is 0 Å². The molecule has 0 heterocycles. The minimum Gasteiger partial charge on any atom is -0.425 e. The maximum absolute atomic E-state index is 6.69. The molecule has 0 saturated heterocycles. The summed E-state index contributed by atoms with van der Waals surface area (Å²) < 4.78 is 19.6. The lowest BCUT2D eigenvalue weighted by Crippen LogP contribution is -2.62. The van der Waals surface area contributed by atoms with Crippen LogP contribution in [-0.4, -0.2) is 35.9 Å². The Morgan fingerprint density at radius 3 is 1.45 bits per heavy atom. The van der Waals surface area contributed by atoms with E-state index in [-0.39, 0.29) is 5.41 Å². The van der Waals surface area contributed by atoms with Crippen LogP contribution in [0.1, 0.15) is 41.0 Å². The van der Waals surface area contributed by atoms with Crippen molar-refractivity contribution in [3.8, 4) is 0 Å². The predicted octanol–water partition coefficient (Wildman–Crippen LogP) is 4.13.